The first-order valence-electron chi connectivity index (χ1n) is 8.67. The molecule has 1 aromatic heterocycles. The van der Waals surface area contributed by atoms with Gasteiger partial charge in [0.2, 0.25) is 6.23 Å². The molecule has 1 aliphatic rings. The van der Waals surface area contributed by atoms with Crippen molar-refractivity contribution in [3.63, 3.8) is 0 Å². The van der Waals surface area contributed by atoms with E-state index in [1.165, 1.54) is 0 Å². The van der Waals surface area contributed by atoms with Gasteiger partial charge in [0.1, 0.15) is 5.75 Å². The number of carbonyl (C=O) groups excluding carboxylic acids is 1. The van der Waals surface area contributed by atoms with E-state index in [2.05, 4.69) is 15.6 Å². The number of hydrogen-bond donors (Lipinski definition) is 3. The van der Waals surface area contributed by atoms with Gasteiger partial charge < -0.3 is 20.5 Å². The van der Waals surface area contributed by atoms with Crippen molar-refractivity contribution in [3.8, 4) is 16.9 Å². The first kappa shape index (κ1) is 17.1. The maximum absolute atomic E-state index is 10.9. The zero-order chi connectivity index (χ0) is 18.6. The maximum atomic E-state index is 10.9. The number of rotatable bonds is 6. The number of carbonyl (C=O) groups is 1. The minimum atomic E-state index is -0.641. The topological polar surface area (TPSA) is 83.5 Å². The minimum Gasteiger partial charge on any atom is -0.461 e. The van der Waals surface area contributed by atoms with Crippen molar-refractivity contribution in [2.24, 2.45) is 0 Å². The molecule has 2 aromatic carbocycles. The standard InChI is InChI=1S/C21H19N3O3/c25-12-19(14-4-2-1-3-5-14)23-17-8-16(10-22-11-17)15-6-7-18-20(9-15)27-21(13-26)24-18/h1-11,13,19,21,23-25H,12H2/t19-,21?/m0/s1. The third kappa shape index (κ3) is 3.61. The second kappa shape index (κ2) is 7.47. The molecule has 6 nitrogen and oxygen atoms in total. The molecule has 6 heteroatoms. The van der Waals surface area contributed by atoms with E-state index >= 15 is 0 Å². The number of ether oxygens (including phenoxy) is 1. The third-order valence-corrected chi connectivity index (χ3v) is 4.45. The Balaban J connectivity index is 1.57. The fourth-order valence-electron chi connectivity index (χ4n) is 3.10. The summed E-state index contributed by atoms with van der Waals surface area (Å²) in [6, 6.07) is 17.2. The third-order valence-electron chi connectivity index (χ3n) is 4.45. The van der Waals surface area contributed by atoms with Crippen LogP contribution in [0.4, 0.5) is 11.4 Å². The van der Waals surface area contributed by atoms with Gasteiger partial charge in [-0.25, -0.2) is 0 Å². The van der Waals surface area contributed by atoms with E-state index < -0.39 is 6.23 Å². The van der Waals surface area contributed by atoms with Crippen LogP contribution in [0.5, 0.6) is 5.75 Å². The second-order valence-electron chi connectivity index (χ2n) is 6.28. The molecule has 0 aliphatic carbocycles. The lowest BCUT2D eigenvalue weighted by Crippen LogP contribution is -2.20. The Morgan fingerprint density at radius 1 is 1.15 bits per heavy atom. The number of nitrogens with zero attached hydrogens (tertiary/aromatic N) is 1. The SMILES string of the molecule is O=CC1Nc2ccc(-c3cncc(N[C@@H](CO)c4ccccc4)c3)cc2O1. The number of anilines is 2. The lowest BCUT2D eigenvalue weighted by molar-refractivity contribution is -0.112. The normalized spacial score (nSPS) is 16.0. The van der Waals surface area contributed by atoms with Crippen molar-refractivity contribution in [1.29, 1.82) is 0 Å². The summed E-state index contributed by atoms with van der Waals surface area (Å²) in [6.45, 7) is -0.0281. The molecule has 2 heterocycles. The number of benzene rings is 2. The molecule has 0 bridgehead atoms. The molecule has 3 N–H and O–H groups in total. The van der Waals surface area contributed by atoms with Gasteiger partial charge in [0.25, 0.3) is 0 Å². The van der Waals surface area contributed by atoms with E-state index in [0.717, 1.165) is 34.4 Å². The molecular weight excluding hydrogens is 342 g/mol. The Hall–Kier alpha value is -3.38. The van der Waals surface area contributed by atoms with Crippen molar-refractivity contribution >= 4 is 17.7 Å². The van der Waals surface area contributed by atoms with Gasteiger partial charge in [-0.3, -0.25) is 9.78 Å². The average Bonchev–Trinajstić information content (AvgIpc) is 3.15. The highest BCUT2D eigenvalue weighted by atomic mass is 16.5. The molecule has 0 fully saturated rings. The number of aliphatic hydroxyl groups excluding tert-OH is 1. The largest absolute Gasteiger partial charge is 0.461 e. The van der Waals surface area contributed by atoms with Crippen molar-refractivity contribution in [1.82, 2.24) is 4.98 Å². The summed E-state index contributed by atoms with van der Waals surface area (Å²) in [4.78, 5) is 15.2. The van der Waals surface area contributed by atoms with E-state index in [4.69, 9.17) is 4.74 Å². The van der Waals surface area contributed by atoms with Crippen LogP contribution in [0.15, 0.2) is 67.0 Å². The molecule has 0 amide bonds. The average molecular weight is 361 g/mol. The van der Waals surface area contributed by atoms with Crippen LogP contribution in [0, 0.1) is 0 Å². The summed E-state index contributed by atoms with van der Waals surface area (Å²) in [6.07, 6.45) is 3.58. The van der Waals surface area contributed by atoms with Crippen LogP contribution in [-0.4, -0.2) is 29.2 Å². The Kier molecular flexibility index (Phi) is 4.72. The van der Waals surface area contributed by atoms with E-state index in [9.17, 15) is 9.90 Å². The quantitative estimate of drug-likeness (QED) is 0.585. The first-order chi connectivity index (χ1) is 13.3. The van der Waals surface area contributed by atoms with Gasteiger partial charge in [0.15, 0.2) is 6.29 Å². The Morgan fingerprint density at radius 3 is 2.78 bits per heavy atom. The molecule has 3 aromatic rings. The molecule has 0 saturated carbocycles. The molecule has 0 saturated heterocycles. The molecule has 0 radical (unpaired) electrons. The summed E-state index contributed by atoms with van der Waals surface area (Å²) < 4.78 is 5.54. The number of fused-ring (bicyclic) bond motifs is 1. The van der Waals surface area contributed by atoms with Crippen LogP contribution >= 0.6 is 0 Å². The molecule has 136 valence electrons. The van der Waals surface area contributed by atoms with E-state index in [1.54, 1.807) is 12.4 Å². The number of aliphatic hydroxyl groups is 1. The van der Waals surface area contributed by atoms with Crippen molar-refractivity contribution in [2.75, 3.05) is 17.2 Å². The molecule has 27 heavy (non-hydrogen) atoms. The monoisotopic (exact) mass is 361 g/mol. The Morgan fingerprint density at radius 2 is 2.00 bits per heavy atom. The highest BCUT2D eigenvalue weighted by molar-refractivity contribution is 5.77. The molecular formula is C21H19N3O3. The molecule has 1 aliphatic heterocycles. The number of aromatic nitrogens is 1. The fourth-order valence-corrected chi connectivity index (χ4v) is 3.10. The number of hydrogen-bond acceptors (Lipinski definition) is 6. The van der Waals surface area contributed by atoms with Gasteiger partial charge in [-0.15, -0.1) is 0 Å². The van der Waals surface area contributed by atoms with Crippen LogP contribution < -0.4 is 15.4 Å². The van der Waals surface area contributed by atoms with Crippen LogP contribution in [0.1, 0.15) is 11.6 Å². The van der Waals surface area contributed by atoms with Gasteiger partial charge in [-0.1, -0.05) is 36.4 Å². The Bertz CT molecular complexity index is 946. The summed E-state index contributed by atoms with van der Waals surface area (Å²) >= 11 is 0. The summed E-state index contributed by atoms with van der Waals surface area (Å²) in [7, 11) is 0. The van der Waals surface area contributed by atoms with Gasteiger partial charge in [0.05, 0.1) is 24.0 Å². The van der Waals surface area contributed by atoms with Crippen molar-refractivity contribution < 1.29 is 14.6 Å². The van der Waals surface area contributed by atoms with Crippen LogP contribution in [0.25, 0.3) is 11.1 Å². The zero-order valence-electron chi connectivity index (χ0n) is 14.5. The molecule has 1 unspecified atom stereocenters. The van der Waals surface area contributed by atoms with Crippen LogP contribution in [0.3, 0.4) is 0 Å². The zero-order valence-corrected chi connectivity index (χ0v) is 14.5. The van der Waals surface area contributed by atoms with E-state index in [0.29, 0.717) is 5.75 Å². The Labute approximate surface area is 156 Å². The van der Waals surface area contributed by atoms with E-state index in [1.807, 2.05) is 54.6 Å². The number of nitrogens with one attached hydrogen (secondary N) is 2. The lowest BCUT2D eigenvalue weighted by Gasteiger charge is -2.18. The van der Waals surface area contributed by atoms with E-state index in [-0.39, 0.29) is 12.6 Å². The molecule has 0 spiro atoms. The predicted octanol–water partition coefficient (Wildman–Crippen LogP) is 3.22. The van der Waals surface area contributed by atoms with Gasteiger partial charge in [-0.2, -0.15) is 0 Å². The highest BCUT2D eigenvalue weighted by Crippen LogP contribution is 2.36. The van der Waals surface area contributed by atoms with Gasteiger partial charge in [-0.05, 0) is 29.3 Å². The molecule has 2 atom stereocenters. The van der Waals surface area contributed by atoms with Crippen molar-refractivity contribution in [2.45, 2.75) is 12.3 Å². The summed E-state index contributed by atoms with van der Waals surface area (Å²) in [5.74, 6) is 0.639. The lowest BCUT2D eigenvalue weighted by atomic mass is 10.1. The van der Waals surface area contributed by atoms with Crippen LogP contribution in [-0.2, 0) is 4.79 Å². The maximum Gasteiger partial charge on any atom is 0.226 e. The molecule has 4 rings (SSSR count). The number of pyridine rings is 1. The first-order valence-corrected chi connectivity index (χ1v) is 8.67. The smallest absolute Gasteiger partial charge is 0.226 e. The van der Waals surface area contributed by atoms with Gasteiger partial charge >= 0.3 is 0 Å². The van der Waals surface area contributed by atoms with Gasteiger partial charge in [0, 0.05) is 18.0 Å². The summed E-state index contributed by atoms with van der Waals surface area (Å²) in [5, 5.41) is 16.0. The van der Waals surface area contributed by atoms with Crippen LogP contribution in [0.2, 0.25) is 0 Å². The van der Waals surface area contributed by atoms with Crippen molar-refractivity contribution in [3.05, 3.63) is 72.6 Å². The second-order valence-corrected chi connectivity index (χ2v) is 6.28. The summed E-state index contributed by atoms with van der Waals surface area (Å²) in [5.41, 5.74) is 4.44. The number of aldehydes is 1. The predicted molar refractivity (Wildman–Crippen MR) is 104 cm³/mol. The minimum absolute atomic E-state index is 0.0281. The highest BCUT2D eigenvalue weighted by Gasteiger charge is 2.21. The fraction of sp³-hybridized carbons (Fsp3) is 0.143.